The zero-order valence-corrected chi connectivity index (χ0v) is 38.7. The molecular weight excluding hydrogens is 866 g/mol. The van der Waals surface area contributed by atoms with E-state index in [9.17, 15) is 28.4 Å². The molecule has 2 aromatic heterocycles. The highest BCUT2D eigenvalue weighted by Gasteiger charge is 2.36. The Morgan fingerprint density at radius 3 is 2.46 bits per heavy atom. The second kappa shape index (κ2) is 17.8. The van der Waals surface area contributed by atoms with Crippen molar-refractivity contribution in [3.63, 3.8) is 0 Å². The van der Waals surface area contributed by atoms with E-state index >= 15 is 0 Å². The van der Waals surface area contributed by atoms with Gasteiger partial charge in [-0.05, 0) is 122 Å². The quantitative estimate of drug-likeness (QED) is 0.0810. The van der Waals surface area contributed by atoms with Gasteiger partial charge in [0.2, 0.25) is 0 Å². The molecule has 1 atom stereocenters. The van der Waals surface area contributed by atoms with Crippen LogP contribution in [0.5, 0.6) is 11.5 Å². The lowest BCUT2D eigenvalue weighted by Crippen LogP contribution is -2.47. The van der Waals surface area contributed by atoms with Crippen LogP contribution in [-0.4, -0.2) is 102 Å². The number of piperazine rings is 1. The van der Waals surface area contributed by atoms with Crippen LogP contribution in [-0.2, 0) is 22.9 Å². The van der Waals surface area contributed by atoms with Gasteiger partial charge in [-0.2, -0.15) is 0 Å². The molecule has 65 heavy (non-hydrogen) atoms. The number of sulfonamides is 1. The third-order valence-electron chi connectivity index (χ3n) is 13.8. The molecule has 5 aromatic rings. The van der Waals surface area contributed by atoms with Crippen molar-refractivity contribution in [1.29, 1.82) is 0 Å². The Balaban J connectivity index is 0.932. The van der Waals surface area contributed by atoms with Crippen LogP contribution in [0.2, 0.25) is 5.02 Å². The van der Waals surface area contributed by atoms with E-state index in [1.54, 1.807) is 30.5 Å². The Labute approximate surface area is 384 Å². The molecule has 2 fully saturated rings. The van der Waals surface area contributed by atoms with E-state index in [-0.39, 0.29) is 33.2 Å². The number of nitro benzene ring substituents is 1. The van der Waals surface area contributed by atoms with Crippen LogP contribution in [0.25, 0.3) is 16.6 Å². The Bertz CT molecular complexity index is 2770. The third-order valence-corrected chi connectivity index (χ3v) is 15.4. The molecule has 4 heterocycles. The number of carbonyl (C=O) groups is 1. The van der Waals surface area contributed by atoms with Gasteiger partial charge in [0.1, 0.15) is 17.1 Å². The van der Waals surface area contributed by atoms with Crippen molar-refractivity contribution < 1.29 is 28.0 Å². The highest BCUT2D eigenvalue weighted by Crippen LogP contribution is 2.44. The van der Waals surface area contributed by atoms with Crippen LogP contribution < -0.4 is 14.4 Å². The number of nitrogens with one attached hydrogen (secondary N) is 2. The zero-order valence-electron chi connectivity index (χ0n) is 37.1. The minimum Gasteiger partial charge on any atom is -0.455 e. The Kier molecular flexibility index (Phi) is 12.3. The number of anilines is 1. The first-order valence-corrected chi connectivity index (χ1v) is 24.3. The summed E-state index contributed by atoms with van der Waals surface area (Å²) in [5.41, 5.74) is 5.92. The maximum Gasteiger partial charge on any atom is 0.274 e. The van der Waals surface area contributed by atoms with Crippen LogP contribution in [0, 0.1) is 21.4 Å². The summed E-state index contributed by atoms with van der Waals surface area (Å²) < 4.78 is 36.6. The molecule has 0 spiro atoms. The number of fused-ring (bicyclic) bond motifs is 2. The fraction of sp³-hybridized carbons (Fsp3) is 0.429. The van der Waals surface area contributed by atoms with Crippen LogP contribution in [0.15, 0.2) is 89.6 Å². The molecule has 0 radical (unpaired) electrons. The average Bonchev–Trinajstić information content (AvgIpc) is 3.91. The molecule has 3 aromatic carbocycles. The second-order valence-electron chi connectivity index (χ2n) is 19.4. The van der Waals surface area contributed by atoms with E-state index in [2.05, 4.69) is 55.4 Å². The molecule has 2 aliphatic heterocycles. The number of amides is 1. The Morgan fingerprint density at radius 2 is 1.72 bits per heavy atom. The number of aliphatic hydroxyl groups is 1. The minimum absolute atomic E-state index is 0.0248. The van der Waals surface area contributed by atoms with Gasteiger partial charge in [0.05, 0.1) is 27.2 Å². The molecule has 14 nitrogen and oxygen atoms in total. The van der Waals surface area contributed by atoms with Crippen molar-refractivity contribution in [1.82, 2.24) is 24.5 Å². The number of likely N-dealkylation sites (tertiary alicyclic amines) is 1. The highest BCUT2D eigenvalue weighted by atomic mass is 35.5. The maximum atomic E-state index is 14.1. The number of pyridine rings is 1. The molecule has 2 aliphatic carbocycles. The number of rotatable bonds is 12. The number of hydrogen-bond donors (Lipinski definition) is 3. The summed E-state index contributed by atoms with van der Waals surface area (Å²) in [6, 6.07) is 19.4. The van der Waals surface area contributed by atoms with Gasteiger partial charge in [-0.1, -0.05) is 43.2 Å². The SMILES string of the molecule is CC1(C)CCC(CN2CCN(c3ccc(C(=O)NS(=O)(=O)c4cc5c(c([N+](=O)[O-])c4)C[C@@H](CN4CCC(C)(O)CC4)C5)c(Oc4cnc5[nH]ccc5c4)c3)CC2)=C(c2ccc(Cl)cc2)C1. The fourth-order valence-electron chi connectivity index (χ4n) is 10.0. The van der Waals surface area contributed by atoms with Gasteiger partial charge in [-0.15, -0.1) is 0 Å². The Morgan fingerprint density at radius 1 is 0.969 bits per heavy atom. The number of hydrogen-bond acceptors (Lipinski definition) is 11. The third kappa shape index (κ3) is 10.1. The van der Waals surface area contributed by atoms with Gasteiger partial charge >= 0.3 is 0 Å². The van der Waals surface area contributed by atoms with E-state index in [4.69, 9.17) is 16.3 Å². The van der Waals surface area contributed by atoms with E-state index in [1.165, 1.54) is 29.0 Å². The summed E-state index contributed by atoms with van der Waals surface area (Å²) in [4.78, 5) is 40.1. The number of nitro groups is 1. The second-order valence-corrected chi connectivity index (χ2v) is 21.5. The molecule has 2 saturated heterocycles. The number of ether oxygens (including phenoxy) is 1. The molecule has 3 N–H and O–H groups in total. The fourth-order valence-corrected chi connectivity index (χ4v) is 11.2. The summed E-state index contributed by atoms with van der Waals surface area (Å²) in [6.07, 6.45) is 8.69. The molecule has 4 aliphatic rings. The van der Waals surface area contributed by atoms with Gasteiger partial charge < -0.3 is 24.6 Å². The molecule has 0 unspecified atom stereocenters. The molecule has 1 amide bonds. The first kappa shape index (κ1) is 44.9. The van der Waals surface area contributed by atoms with Crippen molar-refractivity contribution in [2.75, 3.05) is 57.3 Å². The first-order valence-electron chi connectivity index (χ1n) is 22.5. The number of aromatic nitrogens is 2. The first-order chi connectivity index (χ1) is 31.0. The lowest BCUT2D eigenvalue weighted by molar-refractivity contribution is -0.385. The van der Waals surface area contributed by atoms with Gasteiger partial charge in [-0.3, -0.25) is 19.8 Å². The summed E-state index contributed by atoms with van der Waals surface area (Å²) >= 11 is 6.25. The van der Waals surface area contributed by atoms with E-state index in [0.717, 1.165) is 87.2 Å². The Hall–Kier alpha value is -5.32. The topological polar surface area (TPSA) is 174 Å². The maximum absolute atomic E-state index is 14.1. The number of halogens is 1. The summed E-state index contributed by atoms with van der Waals surface area (Å²) in [6.45, 7) is 12.6. The molecule has 0 bridgehead atoms. The molecule has 342 valence electrons. The molecule has 9 rings (SSSR count). The summed E-state index contributed by atoms with van der Waals surface area (Å²) in [7, 11) is -4.57. The van der Waals surface area contributed by atoms with Crippen LogP contribution in [0.1, 0.15) is 79.9 Å². The zero-order chi connectivity index (χ0) is 45.7. The number of allylic oxidation sites excluding steroid dienone is 1. The number of benzene rings is 3. The van der Waals surface area contributed by atoms with Gasteiger partial charge in [0.25, 0.3) is 21.6 Å². The van der Waals surface area contributed by atoms with Crippen LogP contribution in [0.3, 0.4) is 0 Å². The normalized spacial score (nSPS) is 20.2. The lowest BCUT2D eigenvalue weighted by Gasteiger charge is -2.39. The van der Waals surface area contributed by atoms with E-state index in [1.807, 2.05) is 25.1 Å². The van der Waals surface area contributed by atoms with Crippen LogP contribution >= 0.6 is 11.6 Å². The van der Waals surface area contributed by atoms with Crippen molar-refractivity contribution >= 4 is 55.5 Å². The van der Waals surface area contributed by atoms with Crippen molar-refractivity contribution in [3.05, 3.63) is 122 Å². The number of H-pyrrole nitrogens is 1. The summed E-state index contributed by atoms with van der Waals surface area (Å²) in [5.74, 6) is -0.390. The monoisotopic (exact) mass is 921 g/mol. The largest absolute Gasteiger partial charge is 0.455 e. The number of aromatic amines is 1. The lowest BCUT2D eigenvalue weighted by atomic mass is 9.72. The highest BCUT2D eigenvalue weighted by molar-refractivity contribution is 7.90. The van der Waals surface area contributed by atoms with Gasteiger partial charge in [0, 0.05) is 92.3 Å². The van der Waals surface area contributed by atoms with Gasteiger partial charge in [0.15, 0.2) is 0 Å². The van der Waals surface area contributed by atoms with Crippen LogP contribution in [0.4, 0.5) is 11.4 Å². The number of carbonyl (C=O) groups excluding carboxylic acids is 1. The van der Waals surface area contributed by atoms with Crippen molar-refractivity contribution in [3.8, 4) is 11.5 Å². The summed E-state index contributed by atoms with van der Waals surface area (Å²) in [5, 5.41) is 24.3. The number of piperidine rings is 1. The minimum atomic E-state index is -4.57. The predicted molar refractivity (Wildman–Crippen MR) is 252 cm³/mol. The number of nitrogens with zero attached hydrogens (tertiary/aromatic N) is 5. The average molecular weight is 923 g/mol. The molecule has 0 saturated carbocycles. The van der Waals surface area contributed by atoms with Gasteiger partial charge in [-0.25, -0.2) is 18.1 Å². The van der Waals surface area contributed by atoms with E-state index in [0.29, 0.717) is 54.8 Å². The van der Waals surface area contributed by atoms with E-state index < -0.39 is 26.5 Å². The molecular formula is C49H56ClN7O7S. The van der Waals surface area contributed by atoms with Crippen molar-refractivity contribution in [2.45, 2.75) is 76.2 Å². The standard InChI is InChI=1S/C49H56ClN7O7S/c1-48(2)12-10-35(43(28-48)33-4-6-37(50)7-5-33)31-55-18-20-56(21-19-55)38-8-9-41(45(26-38)64-39-24-34-11-15-51-46(34)52-29-39)47(58)53-65(62,63)40-25-36-22-32(23-42(36)44(27-40)57(60)61)30-54-16-13-49(3,59)14-17-54/h4-9,11,15,24-27,29,32,59H,10,12-14,16-23,28,30-31H2,1-3H3,(H,51,52)(H,53,58)/t32-/m0/s1. The molecule has 16 heteroatoms. The predicted octanol–water partition coefficient (Wildman–Crippen LogP) is 8.38. The van der Waals surface area contributed by atoms with Crippen molar-refractivity contribution in [2.24, 2.45) is 11.3 Å². The smallest absolute Gasteiger partial charge is 0.274 e.